The normalized spacial score (nSPS) is 19.1. The Hall–Kier alpha value is -2.66. The Labute approximate surface area is 159 Å². The van der Waals surface area contributed by atoms with E-state index in [9.17, 15) is 4.79 Å². The third-order valence-corrected chi connectivity index (χ3v) is 5.29. The molecule has 2 aromatic heterocycles. The van der Waals surface area contributed by atoms with Gasteiger partial charge in [0.25, 0.3) is 5.91 Å². The van der Waals surface area contributed by atoms with Gasteiger partial charge >= 0.3 is 0 Å². The van der Waals surface area contributed by atoms with Gasteiger partial charge in [0.1, 0.15) is 5.69 Å². The van der Waals surface area contributed by atoms with E-state index < -0.39 is 0 Å². The van der Waals surface area contributed by atoms with E-state index in [1.807, 2.05) is 42.5 Å². The molecule has 1 saturated heterocycles. The van der Waals surface area contributed by atoms with Gasteiger partial charge in [0, 0.05) is 31.0 Å². The zero-order chi connectivity index (χ0) is 19.0. The van der Waals surface area contributed by atoms with Gasteiger partial charge in [-0.05, 0) is 57.0 Å². The molecular weight excluding hydrogens is 338 g/mol. The molecule has 0 radical (unpaired) electrons. The number of H-pyrrole nitrogens is 1. The van der Waals surface area contributed by atoms with Gasteiger partial charge < -0.3 is 14.6 Å². The summed E-state index contributed by atoms with van der Waals surface area (Å²) in [5.74, 6) is 0.312. The molecule has 0 aliphatic carbocycles. The lowest BCUT2D eigenvalue weighted by atomic mass is 9.86. The number of pyridine rings is 1. The van der Waals surface area contributed by atoms with Crippen LogP contribution in [-0.2, 0) is 4.74 Å². The SMILES string of the molecule is CN(C(=O)c1cc2nc(C3CCOC(C)(C)C3)ccc2[nH]1)c1ccccc1. The standard InChI is InChI=1S/C22H25N3O2/c1-22(2)14-15(11-12-27-22)17-9-10-18-19(23-17)13-20(24-18)21(26)25(3)16-7-5-4-6-8-16/h4-10,13,15,24H,11-12,14H2,1-3H3. The second-order valence-corrected chi connectivity index (χ2v) is 7.85. The summed E-state index contributed by atoms with van der Waals surface area (Å²) in [5.41, 5.74) is 4.09. The molecule has 1 aliphatic heterocycles. The number of anilines is 1. The van der Waals surface area contributed by atoms with Crippen LogP contribution >= 0.6 is 0 Å². The number of carbonyl (C=O) groups is 1. The number of aromatic nitrogens is 2. The van der Waals surface area contributed by atoms with Crippen LogP contribution in [0, 0.1) is 0 Å². The minimum absolute atomic E-state index is 0.0760. The lowest BCUT2D eigenvalue weighted by molar-refractivity contribution is -0.0597. The van der Waals surface area contributed by atoms with Crippen LogP contribution in [0.1, 0.15) is 48.8 Å². The number of hydrogen-bond acceptors (Lipinski definition) is 3. The summed E-state index contributed by atoms with van der Waals surface area (Å²) in [6.45, 7) is 5.02. The molecule has 1 unspecified atom stereocenters. The van der Waals surface area contributed by atoms with Crippen molar-refractivity contribution in [2.24, 2.45) is 0 Å². The van der Waals surface area contributed by atoms with Gasteiger partial charge in [-0.25, -0.2) is 0 Å². The monoisotopic (exact) mass is 363 g/mol. The van der Waals surface area contributed by atoms with Crippen molar-refractivity contribution >= 4 is 22.6 Å². The molecule has 27 heavy (non-hydrogen) atoms. The Morgan fingerprint density at radius 2 is 2.00 bits per heavy atom. The Bertz CT molecular complexity index is 962. The molecule has 0 spiro atoms. The zero-order valence-electron chi connectivity index (χ0n) is 16.0. The fourth-order valence-corrected chi connectivity index (χ4v) is 3.80. The van der Waals surface area contributed by atoms with Crippen LogP contribution in [0.3, 0.4) is 0 Å². The predicted molar refractivity (Wildman–Crippen MR) is 107 cm³/mol. The molecule has 5 nitrogen and oxygen atoms in total. The van der Waals surface area contributed by atoms with Gasteiger partial charge in [-0.15, -0.1) is 0 Å². The highest BCUT2D eigenvalue weighted by molar-refractivity contribution is 6.06. The molecule has 1 amide bonds. The second kappa shape index (κ2) is 6.82. The number of fused-ring (bicyclic) bond motifs is 1. The second-order valence-electron chi connectivity index (χ2n) is 7.85. The molecule has 1 atom stereocenters. The molecule has 1 N–H and O–H groups in total. The number of para-hydroxylation sites is 1. The highest BCUT2D eigenvalue weighted by Crippen LogP contribution is 2.35. The highest BCUT2D eigenvalue weighted by Gasteiger charge is 2.30. The summed E-state index contributed by atoms with van der Waals surface area (Å²) in [5, 5.41) is 0. The van der Waals surface area contributed by atoms with Crippen LogP contribution in [0.15, 0.2) is 48.5 Å². The van der Waals surface area contributed by atoms with Gasteiger partial charge in [-0.1, -0.05) is 18.2 Å². The highest BCUT2D eigenvalue weighted by atomic mass is 16.5. The molecule has 140 valence electrons. The van der Waals surface area contributed by atoms with Crippen molar-refractivity contribution in [2.45, 2.75) is 38.2 Å². The minimum atomic E-state index is -0.114. The number of ether oxygens (including phenoxy) is 1. The van der Waals surface area contributed by atoms with Gasteiger partial charge in [-0.3, -0.25) is 9.78 Å². The van der Waals surface area contributed by atoms with Crippen LogP contribution in [0.2, 0.25) is 0 Å². The fraction of sp³-hybridized carbons (Fsp3) is 0.364. The van der Waals surface area contributed by atoms with Gasteiger partial charge in [0.05, 0.1) is 16.6 Å². The van der Waals surface area contributed by atoms with Crippen LogP contribution in [0.25, 0.3) is 11.0 Å². The number of rotatable bonds is 3. The topological polar surface area (TPSA) is 58.2 Å². The summed E-state index contributed by atoms with van der Waals surface area (Å²) in [6, 6.07) is 15.6. The summed E-state index contributed by atoms with van der Waals surface area (Å²) in [4.78, 5) is 22.5. The molecular formula is C22H25N3O2. The summed E-state index contributed by atoms with van der Waals surface area (Å²) < 4.78 is 5.82. The van der Waals surface area contributed by atoms with E-state index in [1.165, 1.54) is 0 Å². The molecule has 4 rings (SSSR count). The van der Waals surface area contributed by atoms with Crippen molar-refractivity contribution in [3.63, 3.8) is 0 Å². The quantitative estimate of drug-likeness (QED) is 0.745. The van der Waals surface area contributed by atoms with Crippen molar-refractivity contribution in [1.29, 1.82) is 0 Å². The fourth-order valence-electron chi connectivity index (χ4n) is 3.80. The molecule has 0 bridgehead atoms. The molecule has 5 heteroatoms. The smallest absolute Gasteiger partial charge is 0.274 e. The van der Waals surface area contributed by atoms with Crippen molar-refractivity contribution in [3.05, 3.63) is 59.9 Å². The molecule has 0 saturated carbocycles. The van der Waals surface area contributed by atoms with Crippen molar-refractivity contribution in [3.8, 4) is 0 Å². The molecule has 3 aromatic rings. The third-order valence-electron chi connectivity index (χ3n) is 5.29. The maximum absolute atomic E-state index is 12.8. The number of nitrogens with zero attached hydrogens (tertiary/aromatic N) is 2. The minimum Gasteiger partial charge on any atom is -0.376 e. The first kappa shape index (κ1) is 17.7. The Morgan fingerprint density at radius 3 is 2.74 bits per heavy atom. The zero-order valence-corrected chi connectivity index (χ0v) is 16.0. The Kier molecular flexibility index (Phi) is 4.48. The van der Waals surface area contributed by atoms with E-state index >= 15 is 0 Å². The number of carbonyl (C=O) groups excluding carboxylic acids is 1. The van der Waals surface area contributed by atoms with E-state index in [4.69, 9.17) is 9.72 Å². The molecule has 1 aromatic carbocycles. The first-order valence-electron chi connectivity index (χ1n) is 9.40. The van der Waals surface area contributed by atoms with E-state index in [2.05, 4.69) is 24.9 Å². The molecule has 3 heterocycles. The van der Waals surface area contributed by atoms with E-state index in [1.54, 1.807) is 11.9 Å². The average Bonchev–Trinajstić information content (AvgIpc) is 3.10. The van der Waals surface area contributed by atoms with Gasteiger partial charge in [0.2, 0.25) is 0 Å². The first-order chi connectivity index (χ1) is 12.9. The molecule has 1 fully saturated rings. The third kappa shape index (κ3) is 3.60. The Balaban J connectivity index is 1.60. The summed E-state index contributed by atoms with van der Waals surface area (Å²) in [6.07, 6.45) is 1.94. The van der Waals surface area contributed by atoms with Gasteiger partial charge in [-0.2, -0.15) is 0 Å². The lowest BCUT2D eigenvalue weighted by Gasteiger charge is -2.35. The summed E-state index contributed by atoms with van der Waals surface area (Å²) in [7, 11) is 1.78. The van der Waals surface area contributed by atoms with Crippen molar-refractivity contribution in [2.75, 3.05) is 18.6 Å². The van der Waals surface area contributed by atoms with Crippen molar-refractivity contribution in [1.82, 2.24) is 9.97 Å². The van der Waals surface area contributed by atoms with Crippen LogP contribution < -0.4 is 4.90 Å². The first-order valence-corrected chi connectivity index (χ1v) is 9.40. The molecule has 1 aliphatic rings. The number of aromatic amines is 1. The number of benzene rings is 1. The predicted octanol–water partition coefficient (Wildman–Crippen LogP) is 4.51. The average molecular weight is 363 g/mol. The largest absolute Gasteiger partial charge is 0.376 e. The number of nitrogens with one attached hydrogen (secondary N) is 1. The van der Waals surface area contributed by atoms with E-state index in [-0.39, 0.29) is 11.5 Å². The van der Waals surface area contributed by atoms with E-state index in [0.29, 0.717) is 11.6 Å². The number of amides is 1. The maximum atomic E-state index is 12.8. The van der Waals surface area contributed by atoms with Crippen molar-refractivity contribution < 1.29 is 9.53 Å². The van der Waals surface area contributed by atoms with E-state index in [0.717, 1.165) is 41.9 Å². The number of hydrogen-bond donors (Lipinski definition) is 1. The van der Waals surface area contributed by atoms with Crippen LogP contribution in [-0.4, -0.2) is 35.1 Å². The van der Waals surface area contributed by atoms with Gasteiger partial charge in [0.15, 0.2) is 0 Å². The summed E-state index contributed by atoms with van der Waals surface area (Å²) >= 11 is 0. The Morgan fingerprint density at radius 1 is 1.22 bits per heavy atom. The maximum Gasteiger partial charge on any atom is 0.274 e. The van der Waals surface area contributed by atoms with Crippen LogP contribution in [0.5, 0.6) is 0 Å². The van der Waals surface area contributed by atoms with Crippen LogP contribution in [0.4, 0.5) is 5.69 Å². The lowest BCUT2D eigenvalue weighted by Crippen LogP contribution is -2.33.